The molecule has 8 heteroatoms. The highest BCUT2D eigenvalue weighted by atomic mass is 16.4. The van der Waals surface area contributed by atoms with Crippen molar-refractivity contribution in [3.8, 4) is 0 Å². The van der Waals surface area contributed by atoms with E-state index in [2.05, 4.69) is 26.7 Å². The van der Waals surface area contributed by atoms with Crippen LogP contribution in [0, 0.1) is 5.41 Å². The van der Waals surface area contributed by atoms with Gasteiger partial charge in [0.2, 0.25) is 5.91 Å². The first-order valence-electron chi connectivity index (χ1n) is 9.62. The van der Waals surface area contributed by atoms with Crippen LogP contribution >= 0.6 is 0 Å². The number of fused-ring (bicyclic) bond motifs is 1. The van der Waals surface area contributed by atoms with Gasteiger partial charge in [-0.15, -0.1) is 5.10 Å². The number of hydrogen-bond acceptors (Lipinski definition) is 5. The van der Waals surface area contributed by atoms with Gasteiger partial charge < -0.3 is 10.4 Å². The molecule has 1 unspecified atom stereocenters. The van der Waals surface area contributed by atoms with Gasteiger partial charge in [-0.1, -0.05) is 25.1 Å². The number of nitrogens with zero attached hydrogens (tertiary/aromatic N) is 4. The third-order valence-electron chi connectivity index (χ3n) is 5.10. The smallest absolute Gasteiger partial charge is 0.303 e. The molecule has 8 nitrogen and oxygen atoms in total. The van der Waals surface area contributed by atoms with E-state index in [1.807, 2.05) is 23.9 Å². The Bertz CT molecular complexity index is 861. The number of aryl methyl sites for hydroxylation is 1. The van der Waals surface area contributed by atoms with E-state index in [1.165, 1.54) is 5.56 Å². The molecule has 150 valence electrons. The van der Waals surface area contributed by atoms with Gasteiger partial charge in [0, 0.05) is 12.6 Å². The summed E-state index contributed by atoms with van der Waals surface area (Å²) in [6.07, 6.45) is 6.80. The summed E-state index contributed by atoms with van der Waals surface area (Å²) in [5.74, 6) is -1.10. The molecule has 2 aromatic rings. The lowest BCUT2D eigenvalue weighted by molar-refractivity contribution is -0.139. The number of carbonyl (C=O) groups is 2. The first kappa shape index (κ1) is 20.0. The summed E-state index contributed by atoms with van der Waals surface area (Å²) in [7, 11) is 0. The maximum absolute atomic E-state index is 12.3. The minimum absolute atomic E-state index is 0.0565. The number of carbonyl (C=O) groups excluding carboxylic acids is 1. The van der Waals surface area contributed by atoms with Crippen LogP contribution in [-0.2, 0) is 16.0 Å². The van der Waals surface area contributed by atoms with E-state index in [1.54, 1.807) is 20.0 Å². The van der Waals surface area contributed by atoms with Crippen molar-refractivity contribution in [1.29, 1.82) is 0 Å². The minimum atomic E-state index is -0.907. The molecule has 0 aliphatic heterocycles. The van der Waals surface area contributed by atoms with Gasteiger partial charge in [0.05, 0.1) is 30.4 Å². The lowest BCUT2D eigenvalue weighted by Crippen LogP contribution is -2.32. The molecule has 1 amide bonds. The van der Waals surface area contributed by atoms with Gasteiger partial charge in [-0.3, -0.25) is 14.6 Å². The molecule has 1 aliphatic carbocycles. The van der Waals surface area contributed by atoms with E-state index >= 15 is 0 Å². The largest absolute Gasteiger partial charge is 0.481 e. The Kier molecular flexibility index (Phi) is 5.76. The van der Waals surface area contributed by atoms with Crippen molar-refractivity contribution in [2.45, 2.75) is 65.0 Å². The number of amides is 1. The first-order chi connectivity index (χ1) is 13.2. The number of carboxylic acids is 1. The Morgan fingerprint density at radius 1 is 1.39 bits per heavy atom. The fourth-order valence-electron chi connectivity index (χ4n) is 3.76. The van der Waals surface area contributed by atoms with Crippen LogP contribution in [0.1, 0.15) is 75.5 Å². The minimum Gasteiger partial charge on any atom is -0.481 e. The maximum atomic E-state index is 12.3. The molecule has 0 saturated heterocycles. The van der Waals surface area contributed by atoms with Crippen LogP contribution in [0.4, 0.5) is 0 Å². The lowest BCUT2D eigenvalue weighted by Gasteiger charge is -2.24. The number of carboxylic acid groups (broad SMARTS) is 1. The summed E-state index contributed by atoms with van der Waals surface area (Å²) in [5, 5.41) is 20.4. The van der Waals surface area contributed by atoms with E-state index in [4.69, 9.17) is 5.11 Å². The molecular weight excluding hydrogens is 358 g/mol. The Morgan fingerprint density at radius 3 is 2.93 bits per heavy atom. The van der Waals surface area contributed by atoms with Gasteiger partial charge in [0.15, 0.2) is 0 Å². The molecule has 0 saturated carbocycles. The molecule has 0 fully saturated rings. The van der Waals surface area contributed by atoms with Crippen molar-refractivity contribution in [3.05, 3.63) is 41.5 Å². The topological polar surface area (TPSA) is 110 Å². The van der Waals surface area contributed by atoms with E-state index < -0.39 is 11.4 Å². The van der Waals surface area contributed by atoms with Crippen LogP contribution in [0.15, 0.2) is 24.5 Å². The molecule has 2 heterocycles. The molecule has 1 aliphatic rings. The molecule has 2 atom stereocenters. The summed E-state index contributed by atoms with van der Waals surface area (Å²) in [6, 6.07) is 3.81. The van der Waals surface area contributed by atoms with Crippen molar-refractivity contribution in [2.24, 2.45) is 5.41 Å². The predicted octanol–water partition coefficient (Wildman–Crippen LogP) is 2.67. The maximum Gasteiger partial charge on any atom is 0.303 e. The second-order valence-electron chi connectivity index (χ2n) is 8.28. The number of nitrogens with one attached hydrogen (secondary N) is 1. The van der Waals surface area contributed by atoms with Gasteiger partial charge >= 0.3 is 5.97 Å². The van der Waals surface area contributed by atoms with Crippen LogP contribution < -0.4 is 5.32 Å². The Morgan fingerprint density at radius 2 is 2.18 bits per heavy atom. The van der Waals surface area contributed by atoms with E-state index in [0.29, 0.717) is 5.69 Å². The standard InChI is InChI=1S/C20H27N5O3/c1-13(22-17(26)10-20(2,3)11-18(27)28)15-12-25(24-23-15)16-8-4-6-14-7-5-9-21-19(14)16/h5,7,9,12-13,16H,4,6,8,10-11H2,1-3H3,(H,22,26)(H,27,28)/t13?,16-/m0/s1. The van der Waals surface area contributed by atoms with E-state index in [9.17, 15) is 9.59 Å². The quantitative estimate of drug-likeness (QED) is 0.758. The van der Waals surface area contributed by atoms with E-state index in [0.717, 1.165) is 25.0 Å². The Labute approximate surface area is 164 Å². The second-order valence-corrected chi connectivity index (χ2v) is 8.28. The van der Waals surface area contributed by atoms with Crippen molar-refractivity contribution in [1.82, 2.24) is 25.3 Å². The molecule has 28 heavy (non-hydrogen) atoms. The zero-order chi connectivity index (χ0) is 20.3. The van der Waals surface area contributed by atoms with Crippen molar-refractivity contribution >= 4 is 11.9 Å². The highest BCUT2D eigenvalue weighted by Gasteiger charge is 2.27. The van der Waals surface area contributed by atoms with Gasteiger partial charge in [-0.2, -0.15) is 0 Å². The molecule has 0 spiro atoms. The first-order valence-corrected chi connectivity index (χ1v) is 9.62. The average Bonchev–Trinajstić information content (AvgIpc) is 3.09. The van der Waals surface area contributed by atoms with Gasteiger partial charge in [-0.25, -0.2) is 4.68 Å². The number of aliphatic carboxylic acids is 1. The number of rotatable bonds is 7. The third-order valence-corrected chi connectivity index (χ3v) is 5.10. The fraction of sp³-hybridized carbons (Fsp3) is 0.550. The number of aromatic nitrogens is 4. The Hall–Kier alpha value is -2.77. The molecule has 3 rings (SSSR count). The summed E-state index contributed by atoms with van der Waals surface area (Å²) in [5.41, 5.74) is 2.35. The van der Waals surface area contributed by atoms with Gasteiger partial charge in [-0.05, 0) is 43.2 Å². The number of hydrogen-bond donors (Lipinski definition) is 2. The fourth-order valence-corrected chi connectivity index (χ4v) is 3.76. The Balaban J connectivity index is 1.66. The molecule has 0 aromatic carbocycles. The van der Waals surface area contributed by atoms with Crippen LogP contribution in [0.2, 0.25) is 0 Å². The predicted molar refractivity (Wildman–Crippen MR) is 103 cm³/mol. The molecule has 2 aromatic heterocycles. The molecule has 2 N–H and O–H groups in total. The second kappa shape index (κ2) is 8.08. The van der Waals surface area contributed by atoms with E-state index in [-0.39, 0.29) is 30.8 Å². The lowest BCUT2D eigenvalue weighted by atomic mass is 9.85. The zero-order valence-corrected chi connectivity index (χ0v) is 16.6. The molecule has 0 radical (unpaired) electrons. The van der Waals surface area contributed by atoms with Crippen LogP contribution in [-0.4, -0.2) is 37.0 Å². The molecular formula is C20H27N5O3. The van der Waals surface area contributed by atoms with Crippen molar-refractivity contribution in [3.63, 3.8) is 0 Å². The third kappa shape index (κ3) is 4.74. The highest BCUT2D eigenvalue weighted by Crippen LogP contribution is 2.31. The van der Waals surface area contributed by atoms with Crippen LogP contribution in [0.25, 0.3) is 0 Å². The van der Waals surface area contributed by atoms with Crippen LogP contribution in [0.3, 0.4) is 0 Å². The summed E-state index contributed by atoms with van der Waals surface area (Å²) in [4.78, 5) is 27.8. The van der Waals surface area contributed by atoms with Crippen molar-refractivity contribution < 1.29 is 14.7 Å². The average molecular weight is 385 g/mol. The van der Waals surface area contributed by atoms with Gasteiger partial charge in [0.25, 0.3) is 0 Å². The van der Waals surface area contributed by atoms with Gasteiger partial charge in [0.1, 0.15) is 5.69 Å². The normalized spacial score (nSPS) is 17.6. The SMILES string of the molecule is CC(NC(=O)CC(C)(C)CC(=O)O)c1cn([C@H]2CCCc3cccnc32)nn1. The highest BCUT2D eigenvalue weighted by molar-refractivity contribution is 5.78. The molecule has 0 bridgehead atoms. The zero-order valence-electron chi connectivity index (χ0n) is 16.6. The van der Waals surface area contributed by atoms with Crippen LogP contribution in [0.5, 0.6) is 0 Å². The number of pyridine rings is 1. The summed E-state index contributed by atoms with van der Waals surface area (Å²) < 4.78 is 1.83. The monoisotopic (exact) mass is 385 g/mol. The summed E-state index contributed by atoms with van der Waals surface area (Å²) >= 11 is 0. The van der Waals surface area contributed by atoms with Crippen molar-refractivity contribution in [2.75, 3.05) is 0 Å². The summed E-state index contributed by atoms with van der Waals surface area (Å²) in [6.45, 7) is 5.40.